The van der Waals surface area contributed by atoms with Crippen LogP contribution in [0.15, 0.2) is 12.4 Å². The first kappa shape index (κ1) is 9.68. The first-order valence-electron chi connectivity index (χ1n) is 5.26. The fourth-order valence-electron chi connectivity index (χ4n) is 1.85. The summed E-state index contributed by atoms with van der Waals surface area (Å²) in [6.45, 7) is 3.23. The lowest BCUT2D eigenvalue weighted by Gasteiger charge is -2.23. The Hall–Kier alpha value is -0.870. The lowest BCUT2D eigenvalue weighted by atomic mass is 10.1. The smallest absolute Gasteiger partial charge is 0.0534 e. The van der Waals surface area contributed by atoms with Crippen LogP contribution < -0.4 is 10.6 Å². The number of aromatic nitrogens is 2. The summed E-state index contributed by atoms with van der Waals surface area (Å²) in [6.07, 6.45) is 6.46. The lowest BCUT2D eigenvalue weighted by molar-refractivity contribution is 0.386. The van der Waals surface area contributed by atoms with E-state index in [-0.39, 0.29) is 0 Å². The molecule has 0 unspecified atom stereocenters. The molecule has 1 aliphatic rings. The molecule has 0 saturated carbocycles. The average molecular weight is 194 g/mol. The minimum absolute atomic E-state index is 0.677. The van der Waals surface area contributed by atoms with Crippen LogP contribution in [0.3, 0.4) is 0 Å². The number of nitrogens with one attached hydrogen (secondary N) is 2. The molecule has 0 amide bonds. The summed E-state index contributed by atoms with van der Waals surface area (Å²) in [5.74, 6) is 0. The maximum Gasteiger partial charge on any atom is 0.0534 e. The highest BCUT2D eigenvalue weighted by molar-refractivity contribution is 5.03. The number of nitrogens with zero attached hydrogens (tertiary/aromatic N) is 2. The van der Waals surface area contributed by atoms with Crippen molar-refractivity contribution in [2.24, 2.45) is 7.05 Å². The van der Waals surface area contributed by atoms with Crippen molar-refractivity contribution in [2.45, 2.75) is 25.4 Å². The van der Waals surface area contributed by atoms with Gasteiger partial charge in [-0.2, -0.15) is 5.10 Å². The maximum absolute atomic E-state index is 4.14. The largest absolute Gasteiger partial charge is 0.317 e. The van der Waals surface area contributed by atoms with Gasteiger partial charge in [-0.1, -0.05) is 0 Å². The monoisotopic (exact) mass is 194 g/mol. The third-order valence-corrected chi connectivity index (χ3v) is 2.69. The fourth-order valence-corrected chi connectivity index (χ4v) is 1.85. The van der Waals surface area contributed by atoms with Crippen molar-refractivity contribution in [1.82, 2.24) is 20.4 Å². The second-order valence-corrected chi connectivity index (χ2v) is 3.93. The predicted molar refractivity (Wildman–Crippen MR) is 55.9 cm³/mol. The standard InChI is InChI=1S/C10H18N4/c1-14-8-9(7-13-14)6-12-10-2-4-11-5-3-10/h7-8,10-12H,2-6H2,1H3. The molecule has 0 atom stereocenters. The molecule has 1 aliphatic heterocycles. The molecule has 2 N–H and O–H groups in total. The topological polar surface area (TPSA) is 41.9 Å². The molecule has 4 nitrogen and oxygen atoms in total. The van der Waals surface area contributed by atoms with Crippen molar-refractivity contribution in [3.63, 3.8) is 0 Å². The van der Waals surface area contributed by atoms with E-state index >= 15 is 0 Å². The Balaban J connectivity index is 1.76. The van der Waals surface area contributed by atoms with Gasteiger partial charge in [-0.05, 0) is 25.9 Å². The van der Waals surface area contributed by atoms with E-state index in [1.807, 2.05) is 17.9 Å². The maximum atomic E-state index is 4.14. The van der Waals surface area contributed by atoms with Gasteiger partial charge < -0.3 is 10.6 Å². The van der Waals surface area contributed by atoms with Crippen LogP contribution in [0.4, 0.5) is 0 Å². The van der Waals surface area contributed by atoms with Gasteiger partial charge >= 0.3 is 0 Å². The zero-order valence-corrected chi connectivity index (χ0v) is 8.66. The van der Waals surface area contributed by atoms with Gasteiger partial charge in [0.1, 0.15) is 0 Å². The normalized spacial score (nSPS) is 18.6. The van der Waals surface area contributed by atoms with E-state index in [0.29, 0.717) is 6.04 Å². The van der Waals surface area contributed by atoms with E-state index in [1.165, 1.54) is 18.4 Å². The summed E-state index contributed by atoms with van der Waals surface area (Å²) >= 11 is 0. The van der Waals surface area contributed by atoms with E-state index < -0.39 is 0 Å². The summed E-state index contributed by atoms with van der Waals surface area (Å²) in [6, 6.07) is 0.677. The van der Waals surface area contributed by atoms with Crippen LogP contribution in [-0.2, 0) is 13.6 Å². The first-order valence-corrected chi connectivity index (χ1v) is 5.26. The van der Waals surface area contributed by atoms with Crippen LogP contribution in [-0.4, -0.2) is 28.9 Å². The number of rotatable bonds is 3. The third kappa shape index (κ3) is 2.56. The molecule has 1 aromatic rings. The molecular weight excluding hydrogens is 176 g/mol. The van der Waals surface area contributed by atoms with Crippen LogP contribution in [0, 0.1) is 0 Å². The molecule has 14 heavy (non-hydrogen) atoms. The minimum Gasteiger partial charge on any atom is -0.317 e. The molecule has 4 heteroatoms. The van der Waals surface area contributed by atoms with E-state index in [4.69, 9.17) is 0 Å². The highest BCUT2D eigenvalue weighted by Gasteiger charge is 2.11. The molecule has 0 bridgehead atoms. The fraction of sp³-hybridized carbons (Fsp3) is 0.700. The molecule has 2 heterocycles. The van der Waals surface area contributed by atoms with Crippen molar-refractivity contribution in [2.75, 3.05) is 13.1 Å². The second-order valence-electron chi connectivity index (χ2n) is 3.93. The van der Waals surface area contributed by atoms with Crippen molar-refractivity contribution >= 4 is 0 Å². The molecule has 0 aromatic carbocycles. The molecule has 0 radical (unpaired) electrons. The Morgan fingerprint density at radius 3 is 3.00 bits per heavy atom. The minimum atomic E-state index is 0.677. The Morgan fingerprint density at radius 2 is 2.36 bits per heavy atom. The lowest BCUT2D eigenvalue weighted by Crippen LogP contribution is -2.39. The summed E-state index contributed by atoms with van der Waals surface area (Å²) in [5, 5.41) is 11.1. The van der Waals surface area contributed by atoms with Crippen molar-refractivity contribution < 1.29 is 0 Å². The zero-order chi connectivity index (χ0) is 9.80. The molecule has 1 saturated heterocycles. The average Bonchev–Trinajstić information content (AvgIpc) is 2.63. The van der Waals surface area contributed by atoms with Gasteiger partial charge in [-0.15, -0.1) is 0 Å². The molecular formula is C10H18N4. The summed E-state index contributed by atoms with van der Waals surface area (Å²) < 4.78 is 1.85. The van der Waals surface area contributed by atoms with Gasteiger partial charge in [-0.25, -0.2) is 0 Å². The number of hydrogen-bond donors (Lipinski definition) is 2. The Labute approximate surface area is 84.7 Å². The van der Waals surface area contributed by atoms with Gasteiger partial charge in [0, 0.05) is 31.4 Å². The van der Waals surface area contributed by atoms with Crippen LogP contribution in [0.5, 0.6) is 0 Å². The molecule has 78 valence electrons. The summed E-state index contributed by atoms with van der Waals surface area (Å²) in [4.78, 5) is 0. The van der Waals surface area contributed by atoms with Gasteiger partial charge in [-0.3, -0.25) is 4.68 Å². The summed E-state index contributed by atoms with van der Waals surface area (Å²) in [5.41, 5.74) is 1.27. The van der Waals surface area contributed by atoms with Crippen LogP contribution in [0.2, 0.25) is 0 Å². The number of piperidine rings is 1. The SMILES string of the molecule is Cn1cc(CNC2CCNCC2)cn1. The quantitative estimate of drug-likeness (QED) is 0.725. The van der Waals surface area contributed by atoms with Crippen LogP contribution in [0.1, 0.15) is 18.4 Å². The predicted octanol–water partition coefficient (Wildman–Crippen LogP) is 0.262. The van der Waals surface area contributed by atoms with E-state index in [9.17, 15) is 0 Å². The summed E-state index contributed by atoms with van der Waals surface area (Å²) in [7, 11) is 1.95. The van der Waals surface area contributed by atoms with E-state index in [1.54, 1.807) is 0 Å². The molecule has 1 aromatic heterocycles. The van der Waals surface area contributed by atoms with Crippen LogP contribution in [0.25, 0.3) is 0 Å². The Kier molecular flexibility index (Phi) is 3.16. The highest BCUT2D eigenvalue weighted by atomic mass is 15.2. The van der Waals surface area contributed by atoms with Crippen LogP contribution >= 0.6 is 0 Å². The zero-order valence-electron chi connectivity index (χ0n) is 8.66. The third-order valence-electron chi connectivity index (χ3n) is 2.69. The first-order chi connectivity index (χ1) is 6.84. The van der Waals surface area contributed by atoms with Gasteiger partial charge in [0.05, 0.1) is 6.20 Å². The molecule has 0 aliphatic carbocycles. The van der Waals surface area contributed by atoms with Gasteiger partial charge in [0.25, 0.3) is 0 Å². The molecule has 2 rings (SSSR count). The highest BCUT2D eigenvalue weighted by Crippen LogP contribution is 2.04. The molecule has 1 fully saturated rings. The van der Waals surface area contributed by atoms with E-state index in [2.05, 4.69) is 21.9 Å². The second kappa shape index (κ2) is 4.57. The van der Waals surface area contributed by atoms with Crippen molar-refractivity contribution in [1.29, 1.82) is 0 Å². The van der Waals surface area contributed by atoms with Crippen molar-refractivity contribution in [3.8, 4) is 0 Å². The number of hydrogen-bond acceptors (Lipinski definition) is 3. The van der Waals surface area contributed by atoms with Gasteiger partial charge in [0.15, 0.2) is 0 Å². The number of aryl methyl sites for hydroxylation is 1. The molecule has 0 spiro atoms. The van der Waals surface area contributed by atoms with Crippen molar-refractivity contribution in [3.05, 3.63) is 18.0 Å². The Morgan fingerprint density at radius 1 is 1.57 bits per heavy atom. The van der Waals surface area contributed by atoms with E-state index in [0.717, 1.165) is 19.6 Å². The van der Waals surface area contributed by atoms with Gasteiger partial charge in [0.2, 0.25) is 0 Å². The Bertz CT molecular complexity index is 275.